The summed E-state index contributed by atoms with van der Waals surface area (Å²) in [6.45, 7) is 7.06. The number of nitrogens with one attached hydrogen (secondary N) is 1. The van der Waals surface area contributed by atoms with Gasteiger partial charge in [0.1, 0.15) is 23.3 Å². The summed E-state index contributed by atoms with van der Waals surface area (Å²) < 4.78 is 17.8. The topological polar surface area (TPSA) is 56.8 Å². The maximum absolute atomic E-state index is 11.9. The van der Waals surface area contributed by atoms with Crippen molar-refractivity contribution < 1.29 is 19.0 Å². The van der Waals surface area contributed by atoms with Crippen LogP contribution in [0.2, 0.25) is 5.02 Å². The van der Waals surface area contributed by atoms with E-state index in [2.05, 4.69) is 11.4 Å². The van der Waals surface area contributed by atoms with Crippen LogP contribution >= 0.6 is 35.6 Å². The molecule has 1 aliphatic heterocycles. The Kier molecular flexibility index (Phi) is 7.64. The Bertz CT molecular complexity index is 987. The number of carbonyl (C=O) groups excluding carboxylic acids is 1. The average molecular weight is 464 g/mol. The molecule has 0 spiro atoms. The zero-order chi connectivity index (χ0) is 21.7. The molecule has 2 aromatic carbocycles. The van der Waals surface area contributed by atoms with E-state index in [1.165, 1.54) is 11.8 Å². The van der Waals surface area contributed by atoms with Crippen molar-refractivity contribution in [3.63, 3.8) is 0 Å². The van der Waals surface area contributed by atoms with Gasteiger partial charge in [-0.15, -0.1) is 0 Å². The highest BCUT2D eigenvalue weighted by atomic mass is 35.5. The zero-order valence-corrected chi connectivity index (χ0v) is 19.3. The maximum atomic E-state index is 11.9. The van der Waals surface area contributed by atoms with Crippen LogP contribution in [0.25, 0.3) is 6.08 Å². The number of halogens is 1. The molecule has 0 saturated carbocycles. The highest BCUT2D eigenvalue weighted by Gasteiger charge is 2.22. The van der Waals surface area contributed by atoms with Crippen molar-refractivity contribution in [2.24, 2.45) is 0 Å². The monoisotopic (exact) mass is 463 g/mol. The fourth-order valence-corrected chi connectivity index (χ4v) is 4.28. The summed E-state index contributed by atoms with van der Waals surface area (Å²) >= 11 is 12.7. The van der Waals surface area contributed by atoms with Crippen LogP contribution in [0.5, 0.6) is 17.2 Å². The molecule has 3 rings (SSSR count). The molecule has 0 radical (unpaired) electrons. The number of hydrogen-bond acceptors (Lipinski definition) is 6. The van der Waals surface area contributed by atoms with Gasteiger partial charge in [0.2, 0.25) is 0 Å². The zero-order valence-electron chi connectivity index (χ0n) is 16.9. The number of rotatable bonds is 8. The first-order valence-corrected chi connectivity index (χ1v) is 11.0. The summed E-state index contributed by atoms with van der Waals surface area (Å²) in [4.78, 5) is 12.4. The second-order valence-electron chi connectivity index (χ2n) is 6.64. The SMILES string of the molecule is CCOc1cc(C=C2SC(=S)NC2=O)cc(Cl)c1OCCOc1cc(C)cc(C)c1. The molecule has 2 aromatic rings. The van der Waals surface area contributed by atoms with Crippen LogP contribution in [0, 0.1) is 13.8 Å². The van der Waals surface area contributed by atoms with E-state index in [0.29, 0.717) is 45.6 Å². The molecule has 0 bridgehead atoms. The third-order valence-corrected chi connectivity index (χ3v) is 5.51. The number of benzene rings is 2. The molecule has 1 aliphatic rings. The van der Waals surface area contributed by atoms with Crippen LogP contribution in [-0.2, 0) is 4.79 Å². The predicted octanol–water partition coefficient (Wildman–Crippen LogP) is 5.30. The number of thiocarbonyl (C=S) groups is 1. The second-order valence-corrected chi connectivity index (χ2v) is 8.76. The molecule has 0 atom stereocenters. The van der Waals surface area contributed by atoms with Gasteiger partial charge in [0.25, 0.3) is 5.91 Å². The van der Waals surface area contributed by atoms with Crippen LogP contribution in [0.15, 0.2) is 35.2 Å². The number of amides is 1. The van der Waals surface area contributed by atoms with Crippen molar-refractivity contribution in [3.05, 3.63) is 56.9 Å². The number of ether oxygens (including phenoxy) is 3. The van der Waals surface area contributed by atoms with Gasteiger partial charge < -0.3 is 19.5 Å². The van der Waals surface area contributed by atoms with Gasteiger partial charge in [-0.2, -0.15) is 0 Å². The van der Waals surface area contributed by atoms with E-state index in [-0.39, 0.29) is 5.91 Å². The third kappa shape index (κ3) is 5.90. The molecule has 1 heterocycles. The smallest absolute Gasteiger partial charge is 0.263 e. The summed E-state index contributed by atoms with van der Waals surface area (Å²) in [5.74, 6) is 1.54. The van der Waals surface area contributed by atoms with Crippen molar-refractivity contribution in [2.45, 2.75) is 20.8 Å². The molecule has 1 amide bonds. The minimum atomic E-state index is -0.219. The highest BCUT2D eigenvalue weighted by molar-refractivity contribution is 8.26. The summed E-state index contributed by atoms with van der Waals surface area (Å²) in [7, 11) is 0. The molecule has 5 nitrogen and oxygen atoms in total. The maximum Gasteiger partial charge on any atom is 0.263 e. The van der Waals surface area contributed by atoms with E-state index in [9.17, 15) is 4.79 Å². The van der Waals surface area contributed by atoms with Gasteiger partial charge in [-0.1, -0.05) is 41.6 Å². The number of carbonyl (C=O) groups is 1. The lowest BCUT2D eigenvalue weighted by atomic mass is 10.1. The molecule has 1 fully saturated rings. The van der Waals surface area contributed by atoms with Gasteiger partial charge in [0.15, 0.2) is 11.5 Å². The minimum absolute atomic E-state index is 0.219. The van der Waals surface area contributed by atoms with Gasteiger partial charge in [0, 0.05) is 0 Å². The van der Waals surface area contributed by atoms with E-state index in [4.69, 9.17) is 38.0 Å². The average Bonchev–Trinajstić information content (AvgIpc) is 2.97. The molecule has 1 saturated heterocycles. The van der Waals surface area contributed by atoms with Crippen molar-refractivity contribution in [1.82, 2.24) is 5.32 Å². The van der Waals surface area contributed by atoms with Crippen LogP contribution in [0.3, 0.4) is 0 Å². The lowest BCUT2D eigenvalue weighted by Crippen LogP contribution is -2.17. The number of aryl methyl sites for hydroxylation is 2. The molecular formula is C22H22ClNO4S2. The Hall–Kier alpha value is -2.22. The highest BCUT2D eigenvalue weighted by Crippen LogP contribution is 2.38. The van der Waals surface area contributed by atoms with Crippen molar-refractivity contribution >= 4 is 51.9 Å². The summed E-state index contributed by atoms with van der Waals surface area (Å²) in [5, 5.41) is 2.99. The van der Waals surface area contributed by atoms with Crippen molar-refractivity contribution in [2.75, 3.05) is 19.8 Å². The molecule has 0 aromatic heterocycles. The second kappa shape index (κ2) is 10.2. The lowest BCUT2D eigenvalue weighted by molar-refractivity contribution is -0.115. The third-order valence-electron chi connectivity index (χ3n) is 4.07. The van der Waals surface area contributed by atoms with Crippen molar-refractivity contribution in [3.8, 4) is 17.2 Å². The fourth-order valence-electron chi connectivity index (χ4n) is 2.97. The Morgan fingerprint density at radius 3 is 2.40 bits per heavy atom. The van der Waals surface area contributed by atoms with Gasteiger partial charge in [0.05, 0.1) is 16.5 Å². The van der Waals surface area contributed by atoms with Gasteiger partial charge in [-0.25, -0.2) is 0 Å². The van der Waals surface area contributed by atoms with Crippen LogP contribution in [0.4, 0.5) is 0 Å². The molecule has 1 N–H and O–H groups in total. The standard InChI is InChI=1S/C22H22ClNO4S2/c1-4-26-18-11-15(12-19-21(25)24-22(29)30-19)10-17(23)20(18)28-6-5-27-16-8-13(2)7-14(3)9-16/h7-12H,4-6H2,1-3H3,(H,24,25,29). The molecular weight excluding hydrogens is 442 g/mol. The van der Waals surface area contributed by atoms with Crippen LogP contribution < -0.4 is 19.5 Å². The minimum Gasteiger partial charge on any atom is -0.490 e. The van der Waals surface area contributed by atoms with E-state index < -0.39 is 0 Å². The number of hydrogen-bond donors (Lipinski definition) is 1. The molecule has 30 heavy (non-hydrogen) atoms. The number of thioether (sulfide) groups is 1. The summed E-state index contributed by atoms with van der Waals surface area (Å²) in [6.07, 6.45) is 1.72. The van der Waals surface area contributed by atoms with E-state index in [1.54, 1.807) is 18.2 Å². The molecule has 158 valence electrons. The summed E-state index contributed by atoms with van der Waals surface area (Å²) in [6, 6.07) is 9.58. The van der Waals surface area contributed by atoms with Gasteiger partial charge in [-0.3, -0.25) is 4.79 Å². The fraction of sp³-hybridized carbons (Fsp3) is 0.273. The van der Waals surface area contributed by atoms with Crippen LogP contribution in [0.1, 0.15) is 23.6 Å². The lowest BCUT2D eigenvalue weighted by Gasteiger charge is -2.15. The molecule has 0 aliphatic carbocycles. The van der Waals surface area contributed by atoms with Gasteiger partial charge in [-0.05, 0) is 67.8 Å². The Balaban J connectivity index is 1.70. The Morgan fingerprint density at radius 1 is 1.07 bits per heavy atom. The first kappa shape index (κ1) is 22.5. The Labute approximate surface area is 190 Å². The molecule has 8 heteroatoms. The first-order valence-electron chi connectivity index (χ1n) is 9.41. The quantitative estimate of drug-likeness (QED) is 0.325. The first-order chi connectivity index (χ1) is 14.4. The van der Waals surface area contributed by atoms with Crippen molar-refractivity contribution in [1.29, 1.82) is 0 Å². The predicted molar refractivity (Wildman–Crippen MR) is 126 cm³/mol. The summed E-state index contributed by atoms with van der Waals surface area (Å²) in [5.41, 5.74) is 3.02. The Morgan fingerprint density at radius 2 is 1.77 bits per heavy atom. The van der Waals surface area contributed by atoms with Crippen LogP contribution in [-0.4, -0.2) is 30.0 Å². The molecule has 0 unspecified atom stereocenters. The van der Waals surface area contributed by atoms with E-state index >= 15 is 0 Å². The van der Waals surface area contributed by atoms with E-state index in [1.807, 2.05) is 32.9 Å². The van der Waals surface area contributed by atoms with Gasteiger partial charge >= 0.3 is 0 Å². The largest absolute Gasteiger partial charge is 0.490 e. The van der Waals surface area contributed by atoms with E-state index in [0.717, 1.165) is 22.4 Å². The normalized spacial score (nSPS) is 14.7.